The largest absolute Gasteiger partial charge is 0.454 e. The average Bonchev–Trinajstić information content (AvgIpc) is 3.14. The minimum absolute atomic E-state index is 0.113. The molecule has 0 N–H and O–H groups in total. The fourth-order valence-corrected chi connectivity index (χ4v) is 2.51. The van der Waals surface area contributed by atoms with E-state index >= 15 is 0 Å². The molecule has 0 aromatic heterocycles. The SMILES string of the molecule is CN(Cc1ccc(F)cc1)C(=O)COC(=O)c1cc2c(cc1[N+](=O)[O-])OCO2. The number of carbonyl (C=O) groups excluding carboxylic acids is 2. The molecule has 0 radical (unpaired) electrons. The summed E-state index contributed by atoms with van der Waals surface area (Å²) >= 11 is 0. The molecule has 10 heteroatoms. The number of esters is 1. The van der Waals surface area contributed by atoms with E-state index in [0.717, 1.165) is 12.1 Å². The van der Waals surface area contributed by atoms with Crippen LogP contribution in [0.3, 0.4) is 0 Å². The van der Waals surface area contributed by atoms with Crippen molar-refractivity contribution in [2.24, 2.45) is 0 Å². The highest BCUT2D eigenvalue weighted by molar-refractivity contribution is 5.96. The van der Waals surface area contributed by atoms with Crippen LogP contribution in [0.2, 0.25) is 0 Å². The maximum absolute atomic E-state index is 12.9. The van der Waals surface area contributed by atoms with Crippen LogP contribution in [0.25, 0.3) is 0 Å². The zero-order chi connectivity index (χ0) is 20.3. The van der Waals surface area contributed by atoms with E-state index in [9.17, 15) is 24.1 Å². The minimum Gasteiger partial charge on any atom is -0.454 e. The van der Waals surface area contributed by atoms with E-state index in [-0.39, 0.29) is 30.4 Å². The maximum Gasteiger partial charge on any atom is 0.345 e. The van der Waals surface area contributed by atoms with Gasteiger partial charge >= 0.3 is 5.97 Å². The van der Waals surface area contributed by atoms with Gasteiger partial charge in [-0.3, -0.25) is 14.9 Å². The van der Waals surface area contributed by atoms with Crippen molar-refractivity contribution < 1.29 is 33.1 Å². The molecule has 1 aliphatic heterocycles. The molecule has 2 aromatic rings. The van der Waals surface area contributed by atoms with Gasteiger partial charge in [-0.25, -0.2) is 9.18 Å². The van der Waals surface area contributed by atoms with Crippen LogP contribution in [0, 0.1) is 15.9 Å². The number of halogens is 1. The molecule has 9 nitrogen and oxygen atoms in total. The molecule has 0 spiro atoms. The molecule has 0 aliphatic carbocycles. The topological polar surface area (TPSA) is 108 Å². The van der Waals surface area contributed by atoms with Gasteiger partial charge < -0.3 is 19.1 Å². The Morgan fingerprint density at radius 1 is 1.21 bits per heavy atom. The first-order chi connectivity index (χ1) is 13.3. The number of carbonyl (C=O) groups is 2. The second kappa shape index (κ2) is 7.91. The highest BCUT2D eigenvalue weighted by Crippen LogP contribution is 2.38. The number of nitro groups is 1. The van der Waals surface area contributed by atoms with Crippen molar-refractivity contribution >= 4 is 17.6 Å². The van der Waals surface area contributed by atoms with E-state index in [0.29, 0.717) is 5.56 Å². The number of benzene rings is 2. The van der Waals surface area contributed by atoms with Gasteiger partial charge in [0, 0.05) is 19.7 Å². The minimum atomic E-state index is -1.03. The van der Waals surface area contributed by atoms with E-state index < -0.39 is 34.9 Å². The molecule has 2 aromatic carbocycles. The van der Waals surface area contributed by atoms with E-state index in [4.69, 9.17) is 14.2 Å². The predicted molar refractivity (Wildman–Crippen MR) is 92.4 cm³/mol. The molecule has 0 fully saturated rings. The van der Waals surface area contributed by atoms with Crippen LogP contribution < -0.4 is 9.47 Å². The van der Waals surface area contributed by atoms with Crippen LogP contribution in [-0.2, 0) is 16.1 Å². The van der Waals surface area contributed by atoms with Crippen molar-refractivity contribution in [3.05, 3.63) is 63.5 Å². The lowest BCUT2D eigenvalue weighted by molar-refractivity contribution is -0.385. The van der Waals surface area contributed by atoms with Crippen molar-refractivity contribution in [1.82, 2.24) is 4.90 Å². The summed E-state index contributed by atoms with van der Waals surface area (Å²) in [6, 6.07) is 7.82. The van der Waals surface area contributed by atoms with Gasteiger partial charge in [0.05, 0.1) is 11.0 Å². The number of nitro benzene ring substituents is 1. The highest BCUT2D eigenvalue weighted by Gasteiger charge is 2.28. The number of fused-ring (bicyclic) bond motifs is 1. The summed E-state index contributed by atoms with van der Waals surface area (Å²) in [5.41, 5.74) is -0.167. The van der Waals surface area contributed by atoms with Crippen LogP contribution in [0.5, 0.6) is 11.5 Å². The van der Waals surface area contributed by atoms with E-state index in [1.165, 1.54) is 36.2 Å². The lowest BCUT2D eigenvalue weighted by atomic mass is 10.1. The molecule has 0 atom stereocenters. The van der Waals surface area contributed by atoms with Gasteiger partial charge in [-0.2, -0.15) is 0 Å². The fraction of sp³-hybridized carbons (Fsp3) is 0.222. The van der Waals surface area contributed by atoms with Gasteiger partial charge in [-0.05, 0) is 17.7 Å². The predicted octanol–water partition coefficient (Wildman–Crippen LogP) is 2.28. The van der Waals surface area contributed by atoms with Crippen LogP contribution >= 0.6 is 0 Å². The Labute approximate surface area is 158 Å². The second-order valence-corrected chi connectivity index (χ2v) is 5.93. The Balaban J connectivity index is 1.64. The van der Waals surface area contributed by atoms with Gasteiger partial charge in [-0.15, -0.1) is 0 Å². The smallest absolute Gasteiger partial charge is 0.345 e. The first kappa shape index (κ1) is 19.1. The van der Waals surface area contributed by atoms with Crippen LogP contribution in [0.4, 0.5) is 10.1 Å². The fourth-order valence-electron chi connectivity index (χ4n) is 2.51. The normalized spacial score (nSPS) is 11.8. The third kappa shape index (κ3) is 4.17. The Morgan fingerprint density at radius 2 is 1.86 bits per heavy atom. The summed E-state index contributed by atoms with van der Waals surface area (Å²) in [6.45, 7) is -0.541. The van der Waals surface area contributed by atoms with Gasteiger partial charge in [0.2, 0.25) is 6.79 Å². The Hall–Kier alpha value is -3.69. The number of hydrogen-bond donors (Lipinski definition) is 0. The summed E-state index contributed by atoms with van der Waals surface area (Å²) in [7, 11) is 1.49. The van der Waals surface area contributed by atoms with Crippen LogP contribution in [0.1, 0.15) is 15.9 Å². The molecule has 1 amide bonds. The van der Waals surface area contributed by atoms with Gasteiger partial charge in [0.1, 0.15) is 11.4 Å². The third-order valence-electron chi connectivity index (χ3n) is 3.99. The zero-order valence-electron chi connectivity index (χ0n) is 14.7. The molecular formula is C18H15FN2O7. The summed E-state index contributed by atoms with van der Waals surface area (Å²) < 4.78 is 28.0. The van der Waals surface area contributed by atoms with Crippen molar-refractivity contribution in [1.29, 1.82) is 0 Å². The molecule has 0 unspecified atom stereocenters. The molecule has 3 rings (SSSR count). The number of ether oxygens (including phenoxy) is 3. The number of nitrogens with zero attached hydrogens (tertiary/aromatic N) is 2. The standard InChI is InChI=1S/C18H15FN2O7/c1-20(8-11-2-4-12(19)5-3-11)17(22)9-26-18(23)13-6-15-16(28-10-27-15)7-14(13)21(24)25/h2-7H,8-10H2,1H3. The molecule has 0 saturated heterocycles. The zero-order valence-corrected chi connectivity index (χ0v) is 14.7. The van der Waals surface area contributed by atoms with Crippen LogP contribution in [-0.4, -0.2) is 42.1 Å². The van der Waals surface area contributed by atoms with Crippen molar-refractivity contribution in [3.63, 3.8) is 0 Å². The molecule has 146 valence electrons. The monoisotopic (exact) mass is 390 g/mol. The van der Waals surface area contributed by atoms with E-state index in [1.807, 2.05) is 0 Å². The Kier molecular flexibility index (Phi) is 5.39. The first-order valence-corrected chi connectivity index (χ1v) is 8.08. The van der Waals surface area contributed by atoms with Crippen molar-refractivity contribution in [2.45, 2.75) is 6.54 Å². The highest BCUT2D eigenvalue weighted by atomic mass is 19.1. The lowest BCUT2D eigenvalue weighted by Crippen LogP contribution is -2.30. The summed E-state index contributed by atoms with van der Waals surface area (Å²) in [5, 5.41) is 11.2. The van der Waals surface area contributed by atoms with Gasteiger partial charge in [-0.1, -0.05) is 12.1 Å². The van der Waals surface area contributed by atoms with E-state index in [2.05, 4.69) is 0 Å². The van der Waals surface area contributed by atoms with Crippen molar-refractivity contribution in [2.75, 3.05) is 20.4 Å². The third-order valence-corrected chi connectivity index (χ3v) is 3.99. The van der Waals surface area contributed by atoms with Crippen molar-refractivity contribution in [3.8, 4) is 11.5 Å². The maximum atomic E-state index is 12.9. The summed E-state index contributed by atoms with van der Waals surface area (Å²) in [5.74, 6) is -1.62. The summed E-state index contributed by atoms with van der Waals surface area (Å²) in [6.07, 6.45) is 0. The average molecular weight is 390 g/mol. The number of hydrogen-bond acceptors (Lipinski definition) is 7. The molecule has 1 heterocycles. The number of rotatable bonds is 6. The molecule has 1 aliphatic rings. The quantitative estimate of drug-likeness (QED) is 0.423. The Morgan fingerprint density at radius 3 is 2.50 bits per heavy atom. The number of likely N-dealkylation sites (N-methyl/N-ethyl adjacent to an activating group) is 1. The molecule has 0 bridgehead atoms. The molecule has 0 saturated carbocycles. The van der Waals surface area contributed by atoms with Crippen LogP contribution in [0.15, 0.2) is 36.4 Å². The molecular weight excluding hydrogens is 375 g/mol. The van der Waals surface area contributed by atoms with Gasteiger partial charge in [0.15, 0.2) is 18.1 Å². The van der Waals surface area contributed by atoms with Gasteiger partial charge in [0.25, 0.3) is 11.6 Å². The number of amides is 1. The molecule has 28 heavy (non-hydrogen) atoms. The van der Waals surface area contributed by atoms with E-state index in [1.54, 1.807) is 0 Å². The summed E-state index contributed by atoms with van der Waals surface area (Å²) in [4.78, 5) is 36.1. The first-order valence-electron chi connectivity index (χ1n) is 8.08. The lowest BCUT2D eigenvalue weighted by Gasteiger charge is -2.17. The Bertz CT molecular complexity index is 930. The second-order valence-electron chi connectivity index (χ2n) is 5.93.